The first kappa shape index (κ1) is 20.6. The molecule has 0 bridgehead atoms. The molecule has 1 saturated heterocycles. The maximum atomic E-state index is 12.2. The molecule has 0 aliphatic carbocycles. The van der Waals surface area contributed by atoms with E-state index in [1.165, 1.54) is 7.11 Å². The maximum Gasteiger partial charge on any atom is 0.338 e. The molecule has 0 aromatic heterocycles. The largest absolute Gasteiger partial charge is 0.454 e. The van der Waals surface area contributed by atoms with E-state index < -0.39 is 30.4 Å². The van der Waals surface area contributed by atoms with Crippen LogP contribution in [0.5, 0.6) is 0 Å². The number of ether oxygens (including phenoxy) is 5. The molecule has 1 aromatic rings. The highest BCUT2D eigenvalue weighted by molar-refractivity contribution is 5.78. The van der Waals surface area contributed by atoms with Crippen molar-refractivity contribution in [2.45, 2.75) is 44.9 Å². The molecule has 6 nitrogen and oxygen atoms in total. The van der Waals surface area contributed by atoms with Crippen LogP contribution in [0.1, 0.15) is 19.4 Å². The van der Waals surface area contributed by atoms with Crippen LogP contribution in [0, 0.1) is 5.92 Å². The van der Waals surface area contributed by atoms with Crippen LogP contribution in [0.2, 0.25) is 0 Å². The molecular formula is C20H28O6. The Balaban J connectivity index is 2.16. The van der Waals surface area contributed by atoms with Crippen LogP contribution < -0.4 is 0 Å². The number of esters is 1. The SMILES string of the molecule is COCO[C@H](/C=C/C(C)C)[C@@H]1OC(=O)[C@H](OC)[C@@H]1OCc1ccccc1. The van der Waals surface area contributed by atoms with E-state index in [9.17, 15) is 4.79 Å². The van der Waals surface area contributed by atoms with E-state index in [1.54, 1.807) is 7.11 Å². The zero-order valence-corrected chi connectivity index (χ0v) is 15.8. The van der Waals surface area contributed by atoms with Crippen molar-refractivity contribution in [3.8, 4) is 0 Å². The molecule has 0 amide bonds. The smallest absolute Gasteiger partial charge is 0.338 e. The number of rotatable bonds is 10. The van der Waals surface area contributed by atoms with Crippen LogP contribution in [0.25, 0.3) is 0 Å². The molecule has 4 atom stereocenters. The van der Waals surface area contributed by atoms with Crippen molar-refractivity contribution >= 4 is 5.97 Å². The fourth-order valence-electron chi connectivity index (χ4n) is 2.75. The van der Waals surface area contributed by atoms with Crippen LogP contribution in [-0.2, 0) is 35.1 Å². The highest BCUT2D eigenvalue weighted by Gasteiger charge is 2.49. The number of carbonyl (C=O) groups excluding carboxylic acids is 1. The third-order valence-corrected chi connectivity index (χ3v) is 4.03. The van der Waals surface area contributed by atoms with Gasteiger partial charge in [-0.25, -0.2) is 4.79 Å². The van der Waals surface area contributed by atoms with Crippen molar-refractivity contribution < 1.29 is 28.5 Å². The molecule has 0 spiro atoms. The molecule has 0 saturated carbocycles. The van der Waals surface area contributed by atoms with Crippen LogP contribution in [0.4, 0.5) is 0 Å². The van der Waals surface area contributed by atoms with Gasteiger partial charge in [0.05, 0.1) is 6.61 Å². The molecule has 6 heteroatoms. The number of methoxy groups -OCH3 is 2. The second-order valence-electron chi connectivity index (χ2n) is 6.49. The molecule has 0 radical (unpaired) electrons. The van der Waals surface area contributed by atoms with E-state index in [-0.39, 0.29) is 6.79 Å². The van der Waals surface area contributed by atoms with Gasteiger partial charge in [0.15, 0.2) is 12.2 Å². The number of hydrogen-bond acceptors (Lipinski definition) is 6. The van der Waals surface area contributed by atoms with Gasteiger partial charge in [-0.2, -0.15) is 0 Å². The highest BCUT2D eigenvalue weighted by atomic mass is 16.7. The topological polar surface area (TPSA) is 63.2 Å². The average Bonchev–Trinajstić information content (AvgIpc) is 2.96. The molecule has 144 valence electrons. The lowest BCUT2D eigenvalue weighted by Crippen LogP contribution is -2.42. The molecule has 0 unspecified atom stereocenters. The number of carbonyl (C=O) groups is 1. The van der Waals surface area contributed by atoms with Crippen molar-refractivity contribution in [2.75, 3.05) is 21.0 Å². The van der Waals surface area contributed by atoms with Crippen molar-refractivity contribution in [3.63, 3.8) is 0 Å². The van der Waals surface area contributed by atoms with Crippen LogP contribution in [0.3, 0.4) is 0 Å². The Morgan fingerprint density at radius 2 is 1.88 bits per heavy atom. The summed E-state index contributed by atoms with van der Waals surface area (Å²) in [6.45, 7) is 4.56. The summed E-state index contributed by atoms with van der Waals surface area (Å²) in [5, 5.41) is 0. The van der Waals surface area contributed by atoms with Crippen LogP contribution in [-0.4, -0.2) is 51.4 Å². The van der Waals surface area contributed by atoms with Gasteiger partial charge < -0.3 is 23.7 Å². The van der Waals surface area contributed by atoms with Gasteiger partial charge in [-0.1, -0.05) is 56.3 Å². The summed E-state index contributed by atoms with van der Waals surface area (Å²) < 4.78 is 27.6. The number of benzene rings is 1. The minimum Gasteiger partial charge on any atom is -0.454 e. The Bertz CT molecular complexity index is 571. The molecule has 1 aliphatic rings. The fraction of sp³-hybridized carbons (Fsp3) is 0.550. The quantitative estimate of drug-likeness (QED) is 0.361. The predicted octanol–water partition coefficient (Wildman–Crippen LogP) is 2.71. The summed E-state index contributed by atoms with van der Waals surface area (Å²) in [4.78, 5) is 12.2. The summed E-state index contributed by atoms with van der Waals surface area (Å²) >= 11 is 0. The van der Waals surface area contributed by atoms with Gasteiger partial charge in [0.2, 0.25) is 0 Å². The lowest BCUT2D eigenvalue weighted by atomic mass is 10.0. The van der Waals surface area contributed by atoms with Gasteiger partial charge in [-0.05, 0) is 11.5 Å². The van der Waals surface area contributed by atoms with E-state index >= 15 is 0 Å². The summed E-state index contributed by atoms with van der Waals surface area (Å²) in [7, 11) is 3.02. The molecule has 2 rings (SSSR count). The Kier molecular flexibility index (Phi) is 8.25. The van der Waals surface area contributed by atoms with Crippen molar-refractivity contribution in [1.82, 2.24) is 0 Å². The average molecular weight is 364 g/mol. The normalized spacial score (nSPS) is 24.3. The lowest BCUT2D eigenvalue weighted by Gasteiger charge is -2.26. The van der Waals surface area contributed by atoms with Gasteiger partial charge in [0.1, 0.15) is 19.0 Å². The number of allylic oxidation sites excluding steroid dienone is 1. The fourth-order valence-corrected chi connectivity index (χ4v) is 2.75. The third-order valence-electron chi connectivity index (χ3n) is 4.03. The second-order valence-corrected chi connectivity index (χ2v) is 6.49. The second kappa shape index (κ2) is 10.4. The first-order chi connectivity index (χ1) is 12.6. The highest BCUT2D eigenvalue weighted by Crippen LogP contribution is 2.27. The molecule has 1 aromatic carbocycles. The third kappa shape index (κ3) is 5.64. The first-order valence-corrected chi connectivity index (χ1v) is 8.74. The van der Waals surface area contributed by atoms with Crippen molar-refractivity contribution in [3.05, 3.63) is 48.0 Å². The Labute approximate surface area is 155 Å². The van der Waals surface area contributed by atoms with Crippen molar-refractivity contribution in [2.24, 2.45) is 5.92 Å². The molecule has 26 heavy (non-hydrogen) atoms. The standard InChI is InChI=1S/C20H28O6/c1-14(2)10-11-16(25-13-22-3)17-18(19(23-4)20(21)26-17)24-12-15-8-6-5-7-9-15/h5-11,14,16-19H,12-13H2,1-4H3/b11-10+/t16-,17+,18-,19-/m1/s1. The van der Waals surface area contributed by atoms with Gasteiger partial charge in [-0.15, -0.1) is 0 Å². The maximum absolute atomic E-state index is 12.2. The Morgan fingerprint density at radius 1 is 1.15 bits per heavy atom. The number of hydrogen-bond donors (Lipinski definition) is 0. The Morgan fingerprint density at radius 3 is 2.50 bits per heavy atom. The van der Waals surface area contributed by atoms with Gasteiger partial charge in [0, 0.05) is 14.2 Å². The minimum atomic E-state index is -0.787. The van der Waals surface area contributed by atoms with Crippen LogP contribution >= 0.6 is 0 Å². The summed E-state index contributed by atoms with van der Waals surface area (Å²) in [6, 6.07) is 9.75. The summed E-state index contributed by atoms with van der Waals surface area (Å²) in [6.07, 6.45) is 1.43. The minimum absolute atomic E-state index is 0.0875. The number of cyclic esters (lactones) is 1. The van der Waals surface area contributed by atoms with Gasteiger partial charge in [0.25, 0.3) is 0 Å². The summed E-state index contributed by atoms with van der Waals surface area (Å²) in [5.74, 6) is -0.109. The first-order valence-electron chi connectivity index (χ1n) is 8.74. The molecular weight excluding hydrogens is 336 g/mol. The van der Waals surface area contributed by atoms with E-state index in [2.05, 4.69) is 13.8 Å². The van der Waals surface area contributed by atoms with Crippen LogP contribution in [0.15, 0.2) is 42.5 Å². The van der Waals surface area contributed by atoms with E-state index in [0.29, 0.717) is 12.5 Å². The zero-order chi connectivity index (χ0) is 18.9. The molecule has 0 N–H and O–H groups in total. The van der Waals surface area contributed by atoms with E-state index in [4.69, 9.17) is 23.7 Å². The Hall–Kier alpha value is -1.73. The monoisotopic (exact) mass is 364 g/mol. The van der Waals surface area contributed by atoms with E-state index in [0.717, 1.165) is 5.56 Å². The van der Waals surface area contributed by atoms with Crippen molar-refractivity contribution in [1.29, 1.82) is 0 Å². The summed E-state index contributed by atoms with van der Waals surface area (Å²) in [5.41, 5.74) is 1.01. The lowest BCUT2D eigenvalue weighted by molar-refractivity contribution is -0.155. The predicted molar refractivity (Wildman–Crippen MR) is 96.4 cm³/mol. The van der Waals surface area contributed by atoms with Gasteiger partial charge in [-0.3, -0.25) is 0 Å². The molecule has 1 aliphatic heterocycles. The zero-order valence-electron chi connectivity index (χ0n) is 15.8. The van der Waals surface area contributed by atoms with Gasteiger partial charge >= 0.3 is 5.97 Å². The molecule has 1 heterocycles. The van der Waals surface area contributed by atoms with E-state index in [1.807, 2.05) is 42.5 Å². The molecule has 1 fully saturated rings.